The molecule has 2 aromatic carbocycles. The number of ketones is 1. The summed E-state index contributed by atoms with van der Waals surface area (Å²) < 4.78 is 16.4. The number of methoxy groups -OCH3 is 2. The molecule has 7 heteroatoms. The first-order valence-corrected chi connectivity index (χ1v) is 11.7. The minimum Gasteiger partial charge on any atom is -0.497 e. The number of Topliss-reactive ketones (excluding diaryl/α,β-unsaturated/α-hetero) is 1. The summed E-state index contributed by atoms with van der Waals surface area (Å²) in [6.07, 6.45) is 4.48. The Balaban J connectivity index is 1.64. The van der Waals surface area contributed by atoms with Crippen molar-refractivity contribution in [2.24, 2.45) is 0 Å². The van der Waals surface area contributed by atoms with E-state index in [0.717, 1.165) is 36.9 Å². The zero-order chi connectivity index (χ0) is 23.2. The Hall–Kier alpha value is -2.90. The Morgan fingerprint density at radius 3 is 2.73 bits per heavy atom. The van der Waals surface area contributed by atoms with Crippen LogP contribution >= 0.6 is 0 Å². The van der Waals surface area contributed by atoms with Crippen LogP contribution in [0.1, 0.15) is 48.0 Å². The highest BCUT2D eigenvalue weighted by Gasteiger charge is 2.38. The fourth-order valence-corrected chi connectivity index (χ4v) is 4.63. The quantitative estimate of drug-likeness (QED) is 0.423. The highest BCUT2D eigenvalue weighted by Crippen LogP contribution is 2.35. The molecular formula is C26H32N2O5. The summed E-state index contributed by atoms with van der Waals surface area (Å²) in [7, 11) is 3.24. The lowest BCUT2D eigenvalue weighted by molar-refractivity contribution is -0.122. The number of amides is 1. The van der Waals surface area contributed by atoms with Crippen molar-refractivity contribution in [2.75, 3.05) is 39.0 Å². The van der Waals surface area contributed by atoms with Crippen molar-refractivity contribution >= 4 is 17.4 Å². The average Bonchev–Trinajstić information content (AvgIpc) is 2.86. The smallest absolute Gasteiger partial charge is 0.241 e. The molecule has 1 amide bonds. The molecule has 2 heterocycles. The molecule has 33 heavy (non-hydrogen) atoms. The van der Waals surface area contributed by atoms with Gasteiger partial charge in [0, 0.05) is 39.2 Å². The molecule has 1 fully saturated rings. The van der Waals surface area contributed by atoms with Gasteiger partial charge in [-0.05, 0) is 43.0 Å². The number of ether oxygens (including phenoxy) is 3. The Bertz CT molecular complexity index is 992. The minimum atomic E-state index is -0.427. The fourth-order valence-electron chi connectivity index (χ4n) is 4.63. The average molecular weight is 453 g/mol. The molecule has 4 rings (SSSR count). The molecule has 1 saturated heterocycles. The number of fused-ring (bicyclic) bond motifs is 1. The number of rotatable bonds is 9. The summed E-state index contributed by atoms with van der Waals surface area (Å²) in [4.78, 5) is 26.9. The van der Waals surface area contributed by atoms with E-state index in [2.05, 4.69) is 6.07 Å². The third-order valence-corrected chi connectivity index (χ3v) is 6.30. The van der Waals surface area contributed by atoms with Gasteiger partial charge in [0.05, 0.1) is 31.0 Å². The minimum absolute atomic E-state index is 0.0325. The normalized spacial score (nSPS) is 18.7. The van der Waals surface area contributed by atoms with Gasteiger partial charge in [-0.25, -0.2) is 10.0 Å². The predicted molar refractivity (Wildman–Crippen MR) is 126 cm³/mol. The van der Waals surface area contributed by atoms with Gasteiger partial charge in [-0.2, -0.15) is 0 Å². The molecule has 0 spiro atoms. The lowest BCUT2D eigenvalue weighted by atomic mass is 9.94. The number of nitrogens with zero attached hydrogens (tertiary/aromatic N) is 2. The van der Waals surface area contributed by atoms with Gasteiger partial charge < -0.3 is 14.2 Å². The monoisotopic (exact) mass is 452 g/mol. The summed E-state index contributed by atoms with van der Waals surface area (Å²) in [5.74, 6) is 1.15. The number of hydrogen-bond donors (Lipinski definition) is 0. The molecule has 1 atom stereocenters. The Labute approximate surface area is 195 Å². The molecule has 0 bridgehead atoms. The summed E-state index contributed by atoms with van der Waals surface area (Å²) in [6.45, 7) is 1.68. The zero-order valence-corrected chi connectivity index (χ0v) is 19.4. The summed E-state index contributed by atoms with van der Waals surface area (Å²) in [5.41, 5.74) is 2.54. The number of para-hydroxylation sites is 1. The van der Waals surface area contributed by atoms with E-state index < -0.39 is 6.04 Å². The van der Waals surface area contributed by atoms with Gasteiger partial charge >= 0.3 is 0 Å². The molecule has 2 aromatic rings. The summed E-state index contributed by atoms with van der Waals surface area (Å²) >= 11 is 0. The van der Waals surface area contributed by atoms with Crippen molar-refractivity contribution in [3.05, 3.63) is 53.6 Å². The van der Waals surface area contributed by atoms with E-state index in [4.69, 9.17) is 14.2 Å². The van der Waals surface area contributed by atoms with Crippen LogP contribution in [0.4, 0.5) is 5.69 Å². The summed E-state index contributed by atoms with van der Waals surface area (Å²) in [5, 5.41) is 3.73. The second-order valence-electron chi connectivity index (χ2n) is 8.43. The largest absolute Gasteiger partial charge is 0.497 e. The second kappa shape index (κ2) is 10.8. The van der Waals surface area contributed by atoms with E-state index in [1.165, 1.54) is 0 Å². The first-order valence-electron chi connectivity index (χ1n) is 11.7. The van der Waals surface area contributed by atoms with Crippen LogP contribution in [-0.4, -0.2) is 56.7 Å². The van der Waals surface area contributed by atoms with Crippen LogP contribution in [0.3, 0.4) is 0 Å². The van der Waals surface area contributed by atoms with E-state index >= 15 is 0 Å². The van der Waals surface area contributed by atoms with Gasteiger partial charge in [0.1, 0.15) is 11.5 Å². The zero-order valence-electron chi connectivity index (χ0n) is 19.4. The number of carbonyl (C=O) groups is 2. The number of benzene rings is 2. The van der Waals surface area contributed by atoms with Gasteiger partial charge in [-0.1, -0.05) is 24.6 Å². The van der Waals surface area contributed by atoms with Gasteiger partial charge in [-0.15, -0.1) is 0 Å². The van der Waals surface area contributed by atoms with Crippen LogP contribution in [0.5, 0.6) is 11.5 Å². The molecule has 2 aliphatic heterocycles. The molecule has 176 valence electrons. The topological polar surface area (TPSA) is 68.3 Å². The molecule has 0 aromatic heterocycles. The molecule has 2 aliphatic rings. The van der Waals surface area contributed by atoms with E-state index in [0.29, 0.717) is 49.7 Å². The Morgan fingerprint density at radius 1 is 1.06 bits per heavy atom. The van der Waals surface area contributed by atoms with Crippen molar-refractivity contribution in [1.29, 1.82) is 0 Å². The van der Waals surface area contributed by atoms with Gasteiger partial charge in [0.25, 0.3) is 0 Å². The number of anilines is 1. The fraction of sp³-hybridized carbons (Fsp3) is 0.462. The number of aryl methyl sites for hydroxylation is 1. The van der Waals surface area contributed by atoms with Crippen molar-refractivity contribution in [3.8, 4) is 11.5 Å². The Morgan fingerprint density at radius 2 is 1.91 bits per heavy atom. The predicted octanol–water partition coefficient (Wildman–Crippen LogP) is 4.04. The maximum absolute atomic E-state index is 13.9. The first kappa shape index (κ1) is 23.3. The maximum Gasteiger partial charge on any atom is 0.241 e. The molecular weight excluding hydrogens is 420 g/mol. The van der Waals surface area contributed by atoms with Crippen LogP contribution in [0.2, 0.25) is 0 Å². The van der Waals surface area contributed by atoms with Crippen LogP contribution in [-0.2, 0) is 16.0 Å². The number of piperidine rings is 1. The van der Waals surface area contributed by atoms with Crippen LogP contribution < -0.4 is 14.5 Å². The van der Waals surface area contributed by atoms with Crippen molar-refractivity contribution in [3.63, 3.8) is 0 Å². The van der Waals surface area contributed by atoms with Crippen LogP contribution in [0.25, 0.3) is 0 Å². The molecule has 0 N–H and O–H groups in total. The molecule has 7 nitrogen and oxygen atoms in total. The van der Waals surface area contributed by atoms with Crippen LogP contribution in [0.15, 0.2) is 42.5 Å². The van der Waals surface area contributed by atoms with Crippen LogP contribution in [0, 0.1) is 0 Å². The molecule has 0 aliphatic carbocycles. The highest BCUT2D eigenvalue weighted by atomic mass is 16.5. The van der Waals surface area contributed by atoms with E-state index in [9.17, 15) is 9.59 Å². The first-order chi connectivity index (χ1) is 16.1. The van der Waals surface area contributed by atoms with E-state index in [1.54, 1.807) is 37.4 Å². The molecule has 0 radical (unpaired) electrons. The van der Waals surface area contributed by atoms with E-state index in [-0.39, 0.29) is 11.7 Å². The van der Waals surface area contributed by atoms with Gasteiger partial charge in [0.15, 0.2) is 5.78 Å². The molecule has 1 unspecified atom stereocenters. The lowest BCUT2D eigenvalue weighted by Crippen LogP contribution is -2.57. The summed E-state index contributed by atoms with van der Waals surface area (Å²) in [6, 6.07) is 12.9. The maximum atomic E-state index is 13.9. The van der Waals surface area contributed by atoms with E-state index in [1.807, 2.05) is 23.2 Å². The number of hydrogen-bond acceptors (Lipinski definition) is 6. The standard InChI is InChI=1S/C26H32N2O5/c1-31-16-7-17-33-24-18-20(32-2)12-13-21(24)26(30)23-10-5-6-15-27(23)28-22-9-4-3-8-19(22)11-14-25(28)29/h3-4,8-9,12-13,18,23H,5-7,10-11,14-17H2,1-2H3. The van der Waals surface area contributed by atoms with Gasteiger partial charge in [0.2, 0.25) is 5.91 Å². The van der Waals surface area contributed by atoms with Crippen molar-refractivity contribution in [1.82, 2.24) is 5.01 Å². The lowest BCUT2D eigenvalue weighted by Gasteiger charge is -2.44. The SMILES string of the molecule is COCCCOc1cc(OC)ccc1C(=O)C1CCCCN1N1C(=O)CCc2ccccc21. The van der Waals surface area contributed by atoms with Gasteiger partial charge in [-0.3, -0.25) is 9.59 Å². The number of carbonyl (C=O) groups excluding carboxylic acids is 2. The Kier molecular flexibility index (Phi) is 7.62. The number of hydrazine groups is 1. The van der Waals surface area contributed by atoms with Crippen molar-refractivity contribution < 1.29 is 23.8 Å². The van der Waals surface area contributed by atoms with Crippen molar-refractivity contribution in [2.45, 2.75) is 44.6 Å². The molecule has 0 saturated carbocycles. The second-order valence-corrected chi connectivity index (χ2v) is 8.43. The third-order valence-electron chi connectivity index (χ3n) is 6.30. The third kappa shape index (κ3) is 5.04. The highest BCUT2D eigenvalue weighted by molar-refractivity contribution is 6.04.